The molecule has 2 aliphatic carbocycles. The molecular weight excluding hydrogens is 220 g/mol. The molecule has 0 aromatic heterocycles. The first-order valence-corrected chi connectivity index (χ1v) is 7.76. The molecule has 0 amide bonds. The van der Waals surface area contributed by atoms with Crippen LogP contribution in [0.5, 0.6) is 0 Å². The van der Waals surface area contributed by atoms with Gasteiger partial charge >= 0.3 is 0 Å². The summed E-state index contributed by atoms with van der Waals surface area (Å²) in [6.07, 6.45) is 15.6. The van der Waals surface area contributed by atoms with E-state index in [9.17, 15) is 0 Å². The molecule has 104 valence electrons. The molecule has 2 nitrogen and oxygen atoms in total. The van der Waals surface area contributed by atoms with Gasteiger partial charge in [0.1, 0.15) is 0 Å². The molecule has 0 aromatic carbocycles. The Bertz CT molecular complexity index is 264. The third-order valence-electron chi connectivity index (χ3n) is 5.00. The third kappa shape index (κ3) is 3.58. The van der Waals surface area contributed by atoms with Crippen molar-refractivity contribution in [3.63, 3.8) is 0 Å². The van der Waals surface area contributed by atoms with Crippen molar-refractivity contribution in [2.24, 2.45) is 5.92 Å². The van der Waals surface area contributed by atoms with Crippen molar-refractivity contribution < 1.29 is 0 Å². The van der Waals surface area contributed by atoms with E-state index in [2.05, 4.69) is 36.5 Å². The van der Waals surface area contributed by atoms with Crippen LogP contribution in [0.1, 0.15) is 51.4 Å². The van der Waals surface area contributed by atoms with Crippen LogP contribution in [-0.4, -0.2) is 37.6 Å². The van der Waals surface area contributed by atoms with Crippen molar-refractivity contribution in [1.82, 2.24) is 10.2 Å². The van der Waals surface area contributed by atoms with Crippen LogP contribution in [0, 0.1) is 5.92 Å². The fraction of sp³-hybridized carbons (Fsp3) is 0.875. The van der Waals surface area contributed by atoms with Gasteiger partial charge in [-0.15, -0.1) is 0 Å². The summed E-state index contributed by atoms with van der Waals surface area (Å²) in [5.74, 6) is 0.873. The van der Waals surface area contributed by atoms with Gasteiger partial charge < -0.3 is 10.2 Å². The number of nitrogens with zero attached hydrogens (tertiary/aromatic N) is 1. The summed E-state index contributed by atoms with van der Waals surface area (Å²) < 4.78 is 0. The summed E-state index contributed by atoms with van der Waals surface area (Å²) in [5.41, 5.74) is 0.433. The van der Waals surface area contributed by atoms with E-state index in [0.29, 0.717) is 5.54 Å². The summed E-state index contributed by atoms with van der Waals surface area (Å²) in [6, 6.07) is 0. The molecule has 0 spiro atoms. The Labute approximate surface area is 113 Å². The fourth-order valence-corrected chi connectivity index (χ4v) is 3.54. The Morgan fingerprint density at radius 2 is 1.94 bits per heavy atom. The highest BCUT2D eigenvalue weighted by Gasteiger charge is 2.33. The van der Waals surface area contributed by atoms with Gasteiger partial charge in [0.15, 0.2) is 0 Å². The quantitative estimate of drug-likeness (QED) is 0.754. The average molecular weight is 250 g/mol. The lowest BCUT2D eigenvalue weighted by Crippen LogP contribution is -2.53. The molecule has 0 radical (unpaired) electrons. The van der Waals surface area contributed by atoms with Crippen molar-refractivity contribution in [3.05, 3.63) is 12.2 Å². The van der Waals surface area contributed by atoms with E-state index >= 15 is 0 Å². The molecule has 1 atom stereocenters. The predicted molar refractivity (Wildman–Crippen MR) is 78.9 cm³/mol. The number of hydrogen-bond acceptors (Lipinski definition) is 2. The average Bonchev–Trinajstić information content (AvgIpc) is 2.41. The smallest absolute Gasteiger partial charge is 0.0327 e. The fourth-order valence-electron chi connectivity index (χ4n) is 3.54. The van der Waals surface area contributed by atoms with Crippen molar-refractivity contribution in [2.75, 3.05) is 27.2 Å². The van der Waals surface area contributed by atoms with Crippen molar-refractivity contribution >= 4 is 0 Å². The molecule has 1 unspecified atom stereocenters. The normalized spacial score (nSPS) is 27.6. The molecule has 1 saturated carbocycles. The maximum Gasteiger partial charge on any atom is 0.0327 e. The summed E-state index contributed by atoms with van der Waals surface area (Å²) in [6.45, 7) is 2.39. The maximum absolute atomic E-state index is 3.77. The molecule has 1 fully saturated rings. The zero-order valence-corrected chi connectivity index (χ0v) is 12.3. The number of nitrogens with one attached hydrogen (secondary N) is 1. The van der Waals surface area contributed by atoms with Crippen LogP contribution in [0.4, 0.5) is 0 Å². The molecule has 0 bridgehead atoms. The molecular formula is C16H30N2. The zero-order valence-electron chi connectivity index (χ0n) is 12.3. The molecule has 2 rings (SSSR count). The highest BCUT2D eigenvalue weighted by molar-refractivity contribution is 4.94. The number of hydrogen-bond donors (Lipinski definition) is 1. The lowest BCUT2D eigenvalue weighted by molar-refractivity contribution is 0.0973. The van der Waals surface area contributed by atoms with Crippen LogP contribution in [0.2, 0.25) is 0 Å². The number of rotatable bonds is 5. The van der Waals surface area contributed by atoms with E-state index < -0.39 is 0 Å². The Hall–Kier alpha value is -0.340. The van der Waals surface area contributed by atoms with Gasteiger partial charge in [-0.05, 0) is 58.7 Å². The summed E-state index contributed by atoms with van der Waals surface area (Å²) in [5, 5.41) is 3.77. The van der Waals surface area contributed by atoms with Crippen LogP contribution in [0.15, 0.2) is 12.2 Å². The van der Waals surface area contributed by atoms with Crippen molar-refractivity contribution in [1.29, 1.82) is 0 Å². The highest BCUT2D eigenvalue weighted by atomic mass is 15.2. The monoisotopic (exact) mass is 250 g/mol. The van der Waals surface area contributed by atoms with Crippen LogP contribution in [-0.2, 0) is 0 Å². The van der Waals surface area contributed by atoms with Gasteiger partial charge in [-0.3, -0.25) is 0 Å². The number of likely N-dealkylation sites (N-methyl/N-ethyl adjacent to an activating group) is 1. The Morgan fingerprint density at radius 1 is 1.17 bits per heavy atom. The zero-order chi connectivity index (χ0) is 12.8. The van der Waals surface area contributed by atoms with Gasteiger partial charge in [-0.2, -0.15) is 0 Å². The molecule has 0 heterocycles. The highest BCUT2D eigenvalue weighted by Crippen LogP contribution is 2.31. The molecule has 1 N–H and O–H groups in total. The number of allylic oxidation sites excluding steroid dienone is 2. The van der Waals surface area contributed by atoms with E-state index in [1.165, 1.54) is 64.5 Å². The largest absolute Gasteiger partial charge is 0.315 e. The Balaban J connectivity index is 1.77. The molecule has 18 heavy (non-hydrogen) atoms. The standard InChI is InChI=1S/C16H30N2/c1-18(2)16(11-7-4-8-12-16)14-17-13-15-9-5-3-6-10-15/h3,5,15,17H,4,6-14H2,1-2H3. The van der Waals surface area contributed by atoms with Gasteiger partial charge in [0.2, 0.25) is 0 Å². The first-order valence-electron chi connectivity index (χ1n) is 7.76. The van der Waals surface area contributed by atoms with E-state index in [-0.39, 0.29) is 0 Å². The van der Waals surface area contributed by atoms with Gasteiger partial charge in [0, 0.05) is 12.1 Å². The van der Waals surface area contributed by atoms with Crippen molar-refractivity contribution in [2.45, 2.75) is 56.9 Å². The van der Waals surface area contributed by atoms with Gasteiger partial charge in [0.25, 0.3) is 0 Å². The maximum atomic E-state index is 3.77. The Morgan fingerprint density at radius 3 is 2.56 bits per heavy atom. The predicted octanol–water partition coefficient (Wildman–Crippen LogP) is 3.20. The van der Waals surface area contributed by atoms with Crippen molar-refractivity contribution in [3.8, 4) is 0 Å². The van der Waals surface area contributed by atoms with Gasteiger partial charge in [-0.1, -0.05) is 31.4 Å². The molecule has 2 heteroatoms. The SMILES string of the molecule is CN(C)C1(CNCC2CC=CCC2)CCCCC1. The lowest BCUT2D eigenvalue weighted by atomic mass is 9.80. The van der Waals surface area contributed by atoms with Gasteiger partial charge in [0.05, 0.1) is 0 Å². The summed E-state index contributed by atoms with van der Waals surface area (Å²) >= 11 is 0. The second kappa shape index (κ2) is 6.72. The minimum absolute atomic E-state index is 0.433. The van der Waals surface area contributed by atoms with Crippen LogP contribution < -0.4 is 5.32 Å². The minimum atomic E-state index is 0.433. The van der Waals surface area contributed by atoms with E-state index in [0.717, 1.165) is 5.92 Å². The van der Waals surface area contributed by atoms with E-state index in [1.807, 2.05) is 0 Å². The summed E-state index contributed by atoms with van der Waals surface area (Å²) in [4.78, 5) is 2.47. The van der Waals surface area contributed by atoms with E-state index in [1.54, 1.807) is 0 Å². The third-order valence-corrected chi connectivity index (χ3v) is 5.00. The molecule has 0 saturated heterocycles. The first kappa shape index (κ1) is 14.1. The molecule has 2 aliphatic rings. The van der Waals surface area contributed by atoms with E-state index in [4.69, 9.17) is 0 Å². The topological polar surface area (TPSA) is 15.3 Å². The minimum Gasteiger partial charge on any atom is -0.315 e. The first-order chi connectivity index (χ1) is 8.73. The summed E-state index contributed by atoms with van der Waals surface area (Å²) in [7, 11) is 4.52. The Kier molecular flexibility index (Phi) is 5.25. The van der Waals surface area contributed by atoms with Crippen LogP contribution >= 0.6 is 0 Å². The lowest BCUT2D eigenvalue weighted by Gasteiger charge is -2.43. The second-order valence-corrected chi connectivity index (χ2v) is 6.46. The molecule has 0 aromatic rings. The molecule has 0 aliphatic heterocycles. The van der Waals surface area contributed by atoms with Gasteiger partial charge in [-0.25, -0.2) is 0 Å². The van der Waals surface area contributed by atoms with Crippen LogP contribution in [0.3, 0.4) is 0 Å². The van der Waals surface area contributed by atoms with Crippen LogP contribution in [0.25, 0.3) is 0 Å². The second-order valence-electron chi connectivity index (χ2n) is 6.46.